The zero-order valence-corrected chi connectivity index (χ0v) is 16.2. The molecular weight excluding hydrogens is 429 g/mol. The number of nitro groups is 1. The van der Waals surface area contributed by atoms with Crippen LogP contribution in [0.2, 0.25) is 5.02 Å². The molecule has 1 aliphatic rings. The topological polar surface area (TPSA) is 88.8 Å². The number of carbonyl (C=O) groups excluding carboxylic acids is 1. The molecule has 8 nitrogen and oxygen atoms in total. The molecule has 1 saturated heterocycles. The number of carbonyl (C=O) groups is 1. The van der Waals surface area contributed by atoms with Crippen molar-refractivity contribution in [1.82, 2.24) is 9.88 Å². The third-order valence-electron chi connectivity index (χ3n) is 4.49. The molecule has 1 aromatic carbocycles. The number of nitro benzene ring substituents is 1. The van der Waals surface area contributed by atoms with E-state index in [4.69, 9.17) is 16.3 Å². The lowest BCUT2D eigenvalue weighted by atomic mass is 10.2. The highest BCUT2D eigenvalue weighted by atomic mass is 35.5. The highest BCUT2D eigenvalue weighted by Gasteiger charge is 2.32. The predicted molar refractivity (Wildman–Crippen MR) is 102 cm³/mol. The number of amides is 1. The van der Waals surface area contributed by atoms with Gasteiger partial charge in [-0.3, -0.25) is 14.9 Å². The smallest absolute Gasteiger partial charge is 0.417 e. The number of halogens is 4. The Morgan fingerprint density at radius 3 is 2.50 bits per heavy atom. The van der Waals surface area contributed by atoms with E-state index in [1.54, 1.807) is 11.0 Å². The third kappa shape index (κ3) is 4.90. The van der Waals surface area contributed by atoms with Gasteiger partial charge in [-0.05, 0) is 12.1 Å². The summed E-state index contributed by atoms with van der Waals surface area (Å²) in [5.74, 6) is -0.151. The molecule has 1 amide bonds. The Morgan fingerprint density at radius 1 is 1.23 bits per heavy atom. The maximum Gasteiger partial charge on any atom is 0.417 e. The number of ether oxygens (including phenoxy) is 1. The second-order valence-corrected chi connectivity index (χ2v) is 6.82. The van der Waals surface area contributed by atoms with Crippen molar-refractivity contribution in [3.05, 3.63) is 57.2 Å². The van der Waals surface area contributed by atoms with Gasteiger partial charge in [-0.15, -0.1) is 0 Å². The van der Waals surface area contributed by atoms with Crippen molar-refractivity contribution in [3.63, 3.8) is 0 Å². The molecule has 1 aliphatic heterocycles. The predicted octanol–water partition coefficient (Wildman–Crippen LogP) is 3.39. The SMILES string of the molecule is O=C(COc1ccccc1[N+](=O)[O-])N1CCN(c2ncc(C(F)(F)F)cc2Cl)CC1. The number of pyridine rings is 1. The second-order valence-electron chi connectivity index (χ2n) is 6.41. The molecule has 1 aromatic heterocycles. The summed E-state index contributed by atoms with van der Waals surface area (Å²) in [6, 6.07) is 6.56. The Kier molecular flexibility index (Phi) is 6.30. The van der Waals surface area contributed by atoms with E-state index in [-0.39, 0.29) is 47.9 Å². The van der Waals surface area contributed by atoms with Crippen LogP contribution in [0.1, 0.15) is 5.56 Å². The Morgan fingerprint density at radius 2 is 1.90 bits per heavy atom. The van der Waals surface area contributed by atoms with Gasteiger partial charge in [0.25, 0.3) is 5.91 Å². The average Bonchev–Trinajstić information content (AvgIpc) is 2.71. The molecule has 0 atom stereocenters. The second kappa shape index (κ2) is 8.74. The van der Waals surface area contributed by atoms with Crippen molar-refractivity contribution in [2.75, 3.05) is 37.7 Å². The average molecular weight is 445 g/mol. The normalized spacial score (nSPS) is 14.5. The molecule has 0 N–H and O–H groups in total. The van der Waals surface area contributed by atoms with Gasteiger partial charge < -0.3 is 14.5 Å². The maximum absolute atomic E-state index is 12.7. The largest absolute Gasteiger partial charge is 0.477 e. The number of para-hydroxylation sites is 2. The van der Waals surface area contributed by atoms with Gasteiger partial charge in [0.05, 0.1) is 15.5 Å². The van der Waals surface area contributed by atoms with Crippen LogP contribution >= 0.6 is 11.6 Å². The first-order valence-corrected chi connectivity index (χ1v) is 9.16. The number of nitrogens with zero attached hydrogens (tertiary/aromatic N) is 4. The highest BCUT2D eigenvalue weighted by molar-refractivity contribution is 6.33. The summed E-state index contributed by atoms with van der Waals surface area (Å²) in [6.45, 7) is 0.810. The van der Waals surface area contributed by atoms with E-state index in [0.29, 0.717) is 13.1 Å². The van der Waals surface area contributed by atoms with Gasteiger partial charge in [0.2, 0.25) is 0 Å². The third-order valence-corrected chi connectivity index (χ3v) is 4.77. The molecule has 0 unspecified atom stereocenters. The molecule has 30 heavy (non-hydrogen) atoms. The van der Waals surface area contributed by atoms with Crippen LogP contribution < -0.4 is 9.64 Å². The molecule has 160 valence electrons. The molecule has 12 heteroatoms. The fourth-order valence-electron chi connectivity index (χ4n) is 2.95. The fourth-order valence-corrected chi connectivity index (χ4v) is 3.23. The van der Waals surface area contributed by atoms with Crippen molar-refractivity contribution in [2.24, 2.45) is 0 Å². The molecule has 2 aromatic rings. The van der Waals surface area contributed by atoms with Gasteiger partial charge in [-0.25, -0.2) is 4.98 Å². The lowest BCUT2D eigenvalue weighted by Crippen LogP contribution is -2.50. The lowest BCUT2D eigenvalue weighted by molar-refractivity contribution is -0.385. The molecule has 0 bridgehead atoms. The van der Waals surface area contributed by atoms with Crippen LogP contribution in [0.3, 0.4) is 0 Å². The summed E-state index contributed by atoms with van der Waals surface area (Å²) in [7, 11) is 0. The number of alkyl halides is 3. The van der Waals surface area contributed by atoms with Crippen molar-refractivity contribution in [1.29, 1.82) is 0 Å². The van der Waals surface area contributed by atoms with Crippen LogP contribution in [0.15, 0.2) is 36.5 Å². The minimum atomic E-state index is -4.53. The molecular formula is C18H16ClF3N4O4. The van der Waals surface area contributed by atoms with Gasteiger partial charge >= 0.3 is 11.9 Å². The molecule has 2 heterocycles. The summed E-state index contributed by atoms with van der Waals surface area (Å²) in [4.78, 5) is 29.8. The van der Waals surface area contributed by atoms with Crippen molar-refractivity contribution in [2.45, 2.75) is 6.18 Å². The highest BCUT2D eigenvalue weighted by Crippen LogP contribution is 2.33. The molecule has 3 rings (SSSR count). The number of hydrogen-bond donors (Lipinski definition) is 0. The standard InChI is InChI=1S/C18H16ClF3N4O4/c19-13-9-12(18(20,21)22)10-23-17(13)25-7-5-24(6-8-25)16(27)11-30-15-4-2-1-3-14(15)26(28)29/h1-4,9-10H,5-8,11H2. The van der Waals surface area contributed by atoms with Crippen molar-refractivity contribution in [3.8, 4) is 5.75 Å². The summed E-state index contributed by atoms with van der Waals surface area (Å²) >= 11 is 5.97. The monoisotopic (exact) mass is 444 g/mol. The minimum absolute atomic E-state index is 0.00442. The summed E-state index contributed by atoms with van der Waals surface area (Å²) < 4.78 is 43.5. The summed E-state index contributed by atoms with van der Waals surface area (Å²) in [6.07, 6.45) is -3.81. The van der Waals surface area contributed by atoms with E-state index in [0.717, 1.165) is 12.3 Å². The quantitative estimate of drug-likeness (QED) is 0.519. The van der Waals surface area contributed by atoms with E-state index >= 15 is 0 Å². The van der Waals surface area contributed by atoms with E-state index in [9.17, 15) is 28.1 Å². The molecule has 0 aliphatic carbocycles. The van der Waals surface area contributed by atoms with Crippen LogP contribution in [0.4, 0.5) is 24.7 Å². The Balaban J connectivity index is 1.57. The first-order valence-electron chi connectivity index (χ1n) is 8.78. The number of anilines is 1. The molecule has 0 spiro atoms. The van der Waals surface area contributed by atoms with Gasteiger partial charge in [0, 0.05) is 38.4 Å². The van der Waals surface area contributed by atoms with Crippen LogP contribution in [-0.4, -0.2) is 53.5 Å². The number of hydrogen-bond acceptors (Lipinski definition) is 6. The maximum atomic E-state index is 12.7. The fraction of sp³-hybridized carbons (Fsp3) is 0.333. The van der Waals surface area contributed by atoms with E-state index < -0.39 is 16.7 Å². The zero-order chi connectivity index (χ0) is 21.9. The van der Waals surface area contributed by atoms with Crippen LogP contribution in [0.25, 0.3) is 0 Å². The van der Waals surface area contributed by atoms with Gasteiger partial charge in [-0.2, -0.15) is 13.2 Å². The molecule has 0 radical (unpaired) electrons. The van der Waals surface area contributed by atoms with Crippen molar-refractivity contribution >= 4 is 29.0 Å². The zero-order valence-electron chi connectivity index (χ0n) is 15.4. The lowest BCUT2D eigenvalue weighted by Gasteiger charge is -2.35. The first kappa shape index (κ1) is 21.6. The van der Waals surface area contributed by atoms with Gasteiger partial charge in [0.1, 0.15) is 5.82 Å². The van der Waals surface area contributed by atoms with Crippen molar-refractivity contribution < 1.29 is 27.6 Å². The van der Waals surface area contributed by atoms with E-state index in [2.05, 4.69) is 4.98 Å². The van der Waals surface area contributed by atoms with Crippen LogP contribution in [0, 0.1) is 10.1 Å². The minimum Gasteiger partial charge on any atom is -0.477 e. The van der Waals surface area contributed by atoms with Crippen LogP contribution in [0.5, 0.6) is 5.75 Å². The Hall–Kier alpha value is -3.08. The van der Waals surface area contributed by atoms with Gasteiger partial charge in [-0.1, -0.05) is 23.7 Å². The number of piperazine rings is 1. The number of aromatic nitrogens is 1. The number of benzene rings is 1. The molecule has 0 saturated carbocycles. The number of rotatable bonds is 5. The van der Waals surface area contributed by atoms with Gasteiger partial charge in [0.15, 0.2) is 12.4 Å². The van der Waals surface area contributed by atoms with Crippen LogP contribution in [-0.2, 0) is 11.0 Å². The summed E-state index contributed by atoms with van der Waals surface area (Å²) in [5, 5.41) is 10.9. The Labute approximate surface area is 174 Å². The van der Waals surface area contributed by atoms with E-state index in [1.807, 2.05) is 0 Å². The molecule has 1 fully saturated rings. The first-order chi connectivity index (χ1) is 14.2. The Bertz CT molecular complexity index is 949. The summed E-state index contributed by atoms with van der Waals surface area (Å²) in [5.41, 5.74) is -1.17. The van der Waals surface area contributed by atoms with E-state index in [1.165, 1.54) is 23.1 Å².